The van der Waals surface area contributed by atoms with Crippen LogP contribution in [-0.4, -0.2) is 160 Å². The molecule has 436 valence electrons. The lowest BCUT2D eigenvalue weighted by molar-refractivity contribution is -0.385. The fourth-order valence-electron chi connectivity index (χ4n) is 8.97. The number of anilines is 4. The number of amides is 1. The number of nitrogens with zero attached hydrogens (tertiary/aromatic N) is 12. The van der Waals surface area contributed by atoms with Crippen molar-refractivity contribution in [3.63, 3.8) is 0 Å². The van der Waals surface area contributed by atoms with Gasteiger partial charge in [-0.25, -0.2) is 24.7 Å². The number of halogens is 4. The molecule has 27 heteroatoms. The minimum Gasteiger partial charge on any atom is -0.495 e. The number of carbonyl (C=O) groups is 1. The van der Waals surface area contributed by atoms with Crippen molar-refractivity contribution >= 4 is 98.5 Å². The maximum Gasteiger partial charge on any atom is 0.275 e. The number of hydrogen-bond donors (Lipinski definition) is 1. The zero-order valence-corrected chi connectivity index (χ0v) is 49.6. The van der Waals surface area contributed by atoms with Crippen LogP contribution in [0, 0.1) is 20.2 Å². The first-order chi connectivity index (χ1) is 39.4. The van der Waals surface area contributed by atoms with E-state index in [9.17, 15) is 29.8 Å². The van der Waals surface area contributed by atoms with Crippen LogP contribution in [0.4, 0.5) is 40.1 Å². The summed E-state index contributed by atoms with van der Waals surface area (Å²) < 4.78 is 20.5. The van der Waals surface area contributed by atoms with E-state index >= 15 is 0 Å². The Balaban J connectivity index is 0.000000223. The smallest absolute Gasteiger partial charge is 0.275 e. The zero-order valence-electron chi connectivity index (χ0n) is 46.6. The van der Waals surface area contributed by atoms with Gasteiger partial charge < -0.3 is 43.9 Å². The highest BCUT2D eigenvalue weighted by molar-refractivity contribution is 6.40. The number of methoxy groups -OCH3 is 4. The highest BCUT2D eigenvalue weighted by atomic mass is 35.5. The summed E-state index contributed by atoms with van der Waals surface area (Å²) in [5, 5.41) is 27.3. The minimum atomic E-state index is -0.366. The number of rotatable bonds is 19. The van der Waals surface area contributed by atoms with E-state index in [4.69, 9.17) is 65.4 Å². The second-order valence-corrected chi connectivity index (χ2v) is 19.8. The maximum atomic E-state index is 13.2. The average molecular weight is 1210 g/mol. The normalized spacial score (nSPS) is 13.3. The third-order valence-electron chi connectivity index (χ3n) is 13.8. The molecule has 6 aromatic rings. The van der Waals surface area contributed by atoms with Crippen molar-refractivity contribution in [2.45, 2.75) is 33.1 Å². The Morgan fingerprint density at radius 1 is 0.646 bits per heavy atom. The number of nitro groups is 2. The monoisotopic (exact) mass is 1210 g/mol. The van der Waals surface area contributed by atoms with Gasteiger partial charge in [-0.05, 0) is 37.4 Å². The van der Waals surface area contributed by atoms with E-state index in [0.717, 1.165) is 82.5 Å². The van der Waals surface area contributed by atoms with E-state index in [2.05, 4.69) is 63.7 Å². The number of hydrogen-bond acceptors (Lipinski definition) is 20. The zero-order chi connectivity index (χ0) is 59.6. The first-order valence-corrected chi connectivity index (χ1v) is 27.3. The summed E-state index contributed by atoms with van der Waals surface area (Å²) in [7, 11) is 9.14. The molecular weight excluding hydrogens is 1140 g/mol. The molecule has 0 unspecified atom stereocenters. The van der Waals surface area contributed by atoms with E-state index in [0.29, 0.717) is 63.4 Å². The van der Waals surface area contributed by atoms with Gasteiger partial charge in [-0.2, -0.15) is 4.99 Å². The summed E-state index contributed by atoms with van der Waals surface area (Å²) in [5.41, 5.74) is 4.82. The van der Waals surface area contributed by atoms with Gasteiger partial charge in [-0.15, -0.1) is 0 Å². The number of likely N-dealkylation sites (N-methyl/N-ethyl adjacent to an activating group) is 3. The second kappa shape index (κ2) is 30.4. The molecule has 8 rings (SSSR count). The van der Waals surface area contributed by atoms with Gasteiger partial charge in [0.2, 0.25) is 12.0 Å². The molecule has 0 aliphatic carbocycles. The Morgan fingerprint density at radius 2 is 1.07 bits per heavy atom. The number of piperazine rings is 2. The first kappa shape index (κ1) is 63.6. The largest absolute Gasteiger partial charge is 0.495 e. The summed E-state index contributed by atoms with van der Waals surface area (Å²) in [4.78, 5) is 77.0. The fraction of sp³-hybridized carbons (Fsp3) is 0.382. The van der Waals surface area contributed by atoms with Gasteiger partial charge in [0.25, 0.3) is 11.4 Å². The molecule has 0 saturated carbocycles. The molecule has 23 nitrogen and oxygen atoms in total. The Labute approximate surface area is 495 Å². The molecule has 4 heterocycles. The predicted octanol–water partition coefficient (Wildman–Crippen LogP) is 9.78. The van der Waals surface area contributed by atoms with Crippen LogP contribution in [-0.2, 0) is 28.9 Å². The van der Waals surface area contributed by atoms with Gasteiger partial charge in [0.05, 0.1) is 66.1 Å². The number of benzene rings is 4. The van der Waals surface area contributed by atoms with Crippen molar-refractivity contribution in [3.05, 3.63) is 142 Å². The van der Waals surface area contributed by atoms with Crippen molar-refractivity contribution in [2.24, 2.45) is 4.99 Å². The SMILES string of the molecule is CCN1CCN(c2ccc(Cc3cc(N(C)C(=O)Cc4c(Cl)c(OC)cc(OC)c4Cl)ncn3)c([N+](=O)[O-])c2)CC1.CCN1CCN(c2ccc(Cc3cc(NC)ncn3)c([N+](=O)[O-])c2)CC1.COc1cc(OC)c(Cl)c(N=C=O)c1Cl. The minimum absolute atomic E-state index is 0.0290. The van der Waals surface area contributed by atoms with Gasteiger partial charge in [0, 0.05) is 144 Å². The fourth-order valence-corrected chi connectivity index (χ4v) is 10.2. The van der Waals surface area contributed by atoms with Crippen molar-refractivity contribution in [1.82, 2.24) is 29.7 Å². The molecular formula is C55H63Cl4N13O10. The lowest BCUT2D eigenvalue weighted by atomic mass is 10.1. The molecule has 2 saturated heterocycles. The second-order valence-electron chi connectivity index (χ2n) is 18.3. The van der Waals surface area contributed by atoms with Gasteiger partial charge in [0.15, 0.2) is 0 Å². The summed E-state index contributed by atoms with van der Waals surface area (Å²) in [5.74, 6) is 2.00. The molecule has 4 aromatic carbocycles. The predicted molar refractivity (Wildman–Crippen MR) is 318 cm³/mol. The van der Waals surface area contributed by atoms with Gasteiger partial charge in [0.1, 0.15) is 63.0 Å². The molecule has 0 radical (unpaired) electrons. The molecule has 0 atom stereocenters. The standard InChI is InChI=1S/C28H32Cl2N6O5.C18H24N6O2.C9H7Cl2NO3/c1-5-34-8-10-35(11-9-34)20-7-6-18(22(14-20)36(38)39)12-19-13-25(32-17-31-19)33(2)26(37)15-21-27(29)23(40-3)16-24(41-4)28(21)30;1-3-22-6-8-23(9-7-22)16-5-4-14(17(12-16)24(25)26)10-15-11-18(19-2)21-13-20-15;1-14-5-3-6(15-2)8(11)9(7(5)10)12-4-13/h6-7,13-14,16-17H,5,8-12,15H2,1-4H3;4-5,11-13H,3,6-10H2,1-2H3,(H,19,20,21);3H,1-2H3. The van der Waals surface area contributed by atoms with Gasteiger partial charge in [-0.1, -0.05) is 60.3 Å². The third-order valence-corrected chi connectivity index (χ3v) is 15.3. The van der Waals surface area contributed by atoms with Crippen molar-refractivity contribution in [3.8, 4) is 23.0 Å². The van der Waals surface area contributed by atoms with E-state index in [1.54, 1.807) is 44.4 Å². The summed E-state index contributed by atoms with van der Waals surface area (Å²) in [6.07, 6.45) is 4.62. The van der Waals surface area contributed by atoms with Crippen LogP contribution in [0.3, 0.4) is 0 Å². The number of nitro benzene ring substituents is 2. The van der Waals surface area contributed by atoms with Crippen molar-refractivity contribution < 1.29 is 38.4 Å². The first-order valence-electron chi connectivity index (χ1n) is 25.7. The number of carbonyl (C=O) groups excluding carboxylic acids is 2. The number of ether oxygens (including phenoxy) is 4. The lowest BCUT2D eigenvalue weighted by Crippen LogP contribution is -2.46. The number of aliphatic imine (C=N–C) groups is 1. The Bertz CT molecular complexity index is 3210. The molecule has 1 amide bonds. The summed E-state index contributed by atoms with van der Waals surface area (Å²) in [6, 6.07) is 17.3. The van der Waals surface area contributed by atoms with Crippen molar-refractivity contribution in [1.29, 1.82) is 0 Å². The van der Waals surface area contributed by atoms with Crippen LogP contribution < -0.4 is 39.0 Å². The van der Waals surface area contributed by atoms with Crippen LogP contribution in [0.1, 0.15) is 41.9 Å². The van der Waals surface area contributed by atoms with Crippen LogP contribution in [0.5, 0.6) is 23.0 Å². The molecule has 2 aliphatic rings. The number of isocyanates is 1. The Morgan fingerprint density at radius 3 is 1.48 bits per heavy atom. The quantitative estimate of drug-likeness (QED) is 0.0343. The summed E-state index contributed by atoms with van der Waals surface area (Å²) in [6.45, 7) is 13.6. The topological polar surface area (TPSA) is 249 Å². The van der Waals surface area contributed by atoms with E-state index < -0.39 is 0 Å². The summed E-state index contributed by atoms with van der Waals surface area (Å²) >= 11 is 24.7. The van der Waals surface area contributed by atoms with Gasteiger partial charge >= 0.3 is 0 Å². The van der Waals surface area contributed by atoms with Crippen LogP contribution in [0.25, 0.3) is 0 Å². The van der Waals surface area contributed by atoms with Crippen LogP contribution in [0.2, 0.25) is 20.1 Å². The lowest BCUT2D eigenvalue weighted by Gasteiger charge is -2.35. The van der Waals surface area contributed by atoms with E-state index in [-0.39, 0.29) is 65.7 Å². The average Bonchev–Trinajstić information content (AvgIpc) is 3.69. The highest BCUT2D eigenvalue weighted by Crippen LogP contribution is 2.46. The highest BCUT2D eigenvalue weighted by Gasteiger charge is 2.26. The maximum absolute atomic E-state index is 13.2. The molecule has 2 aliphatic heterocycles. The molecule has 0 spiro atoms. The number of nitrogens with one attached hydrogen (secondary N) is 1. The molecule has 1 N–H and O–H groups in total. The third kappa shape index (κ3) is 16.1. The molecule has 2 fully saturated rings. The Kier molecular flexibility index (Phi) is 23.6. The molecule has 2 aromatic heterocycles. The molecule has 0 bridgehead atoms. The number of aromatic nitrogens is 4. The van der Waals surface area contributed by atoms with Crippen LogP contribution in [0.15, 0.2) is 78.3 Å². The molecule has 82 heavy (non-hydrogen) atoms. The van der Waals surface area contributed by atoms with E-state index in [1.165, 1.54) is 58.1 Å². The Hall–Kier alpha value is -7.63. The van der Waals surface area contributed by atoms with Crippen LogP contribution >= 0.6 is 46.4 Å². The van der Waals surface area contributed by atoms with E-state index in [1.807, 2.05) is 24.3 Å². The van der Waals surface area contributed by atoms with Crippen molar-refractivity contribution in [2.75, 3.05) is 128 Å². The van der Waals surface area contributed by atoms with Gasteiger partial charge in [-0.3, -0.25) is 29.9 Å².